The number of rotatable bonds is 5. The second-order valence-electron chi connectivity index (χ2n) is 4.04. The van der Waals surface area contributed by atoms with Gasteiger partial charge in [0.25, 0.3) is 0 Å². The Balaban J connectivity index is 2.06. The topological polar surface area (TPSA) is 42.2 Å². The third kappa shape index (κ3) is 2.80. The van der Waals surface area contributed by atoms with Gasteiger partial charge in [-0.3, -0.25) is 4.79 Å². The molecular weight excluding hydrogens is 238 g/mol. The number of nitrogens with zero attached hydrogens (tertiary/aromatic N) is 1. The molecule has 0 aliphatic heterocycles. The summed E-state index contributed by atoms with van der Waals surface area (Å²) >= 11 is 6.13. The van der Waals surface area contributed by atoms with E-state index in [4.69, 9.17) is 16.7 Å². The molecule has 0 unspecified atom stereocenters. The summed E-state index contributed by atoms with van der Waals surface area (Å²) in [7, 11) is 0. The van der Waals surface area contributed by atoms with E-state index in [0.29, 0.717) is 6.42 Å². The van der Waals surface area contributed by atoms with Crippen LogP contribution in [-0.2, 0) is 11.3 Å². The summed E-state index contributed by atoms with van der Waals surface area (Å²) in [6.45, 7) is 0.806. The Morgan fingerprint density at radius 3 is 2.82 bits per heavy atom. The Labute approximate surface area is 105 Å². The van der Waals surface area contributed by atoms with Crippen LogP contribution in [0.3, 0.4) is 0 Å². The van der Waals surface area contributed by atoms with Gasteiger partial charge in [0, 0.05) is 30.1 Å². The molecule has 2 rings (SSSR count). The number of fused-ring (bicyclic) bond motifs is 1. The van der Waals surface area contributed by atoms with Crippen LogP contribution in [0.15, 0.2) is 30.5 Å². The smallest absolute Gasteiger partial charge is 0.303 e. The molecule has 0 saturated carbocycles. The predicted molar refractivity (Wildman–Crippen MR) is 68.4 cm³/mol. The molecule has 17 heavy (non-hydrogen) atoms. The monoisotopic (exact) mass is 251 g/mol. The van der Waals surface area contributed by atoms with E-state index >= 15 is 0 Å². The molecule has 2 aromatic rings. The lowest BCUT2D eigenvalue weighted by Crippen LogP contribution is -1.99. The van der Waals surface area contributed by atoms with Crippen LogP contribution in [0.5, 0.6) is 0 Å². The van der Waals surface area contributed by atoms with E-state index in [1.807, 2.05) is 30.5 Å². The van der Waals surface area contributed by atoms with Gasteiger partial charge >= 0.3 is 5.97 Å². The van der Waals surface area contributed by atoms with Gasteiger partial charge in [0.05, 0.1) is 5.02 Å². The second-order valence-corrected chi connectivity index (χ2v) is 4.45. The molecule has 1 N–H and O–H groups in total. The van der Waals surface area contributed by atoms with E-state index in [-0.39, 0.29) is 6.42 Å². The van der Waals surface area contributed by atoms with Gasteiger partial charge < -0.3 is 9.67 Å². The Morgan fingerprint density at radius 2 is 2.06 bits per heavy atom. The van der Waals surface area contributed by atoms with Crippen molar-refractivity contribution in [1.82, 2.24) is 4.57 Å². The number of carbonyl (C=O) groups is 1. The summed E-state index contributed by atoms with van der Waals surface area (Å²) in [6.07, 6.45) is 3.68. The van der Waals surface area contributed by atoms with Crippen LogP contribution in [0.1, 0.15) is 19.3 Å². The van der Waals surface area contributed by atoms with E-state index < -0.39 is 5.97 Å². The molecule has 0 radical (unpaired) electrons. The van der Waals surface area contributed by atoms with E-state index in [0.717, 1.165) is 28.9 Å². The van der Waals surface area contributed by atoms with Gasteiger partial charge in [0.1, 0.15) is 0 Å². The number of carboxylic acids is 1. The first kappa shape index (κ1) is 12.0. The number of carboxylic acid groups (broad SMARTS) is 1. The van der Waals surface area contributed by atoms with Crippen LogP contribution < -0.4 is 0 Å². The summed E-state index contributed by atoms with van der Waals surface area (Å²) < 4.78 is 2.08. The fraction of sp³-hybridized carbons (Fsp3) is 0.308. The molecule has 3 nitrogen and oxygen atoms in total. The van der Waals surface area contributed by atoms with Crippen LogP contribution in [-0.4, -0.2) is 15.6 Å². The summed E-state index contributed by atoms with van der Waals surface area (Å²) in [5.41, 5.74) is 1.10. The molecule has 0 bridgehead atoms. The van der Waals surface area contributed by atoms with Crippen LogP contribution in [0.2, 0.25) is 5.02 Å². The van der Waals surface area contributed by atoms with Gasteiger partial charge in [-0.15, -0.1) is 0 Å². The molecular formula is C13H14ClNO2. The minimum absolute atomic E-state index is 0.229. The molecule has 4 heteroatoms. The van der Waals surface area contributed by atoms with Crippen molar-refractivity contribution in [2.45, 2.75) is 25.8 Å². The molecule has 0 saturated heterocycles. The highest BCUT2D eigenvalue weighted by molar-refractivity contribution is 6.35. The third-order valence-corrected chi connectivity index (χ3v) is 3.08. The number of benzene rings is 1. The zero-order valence-electron chi connectivity index (χ0n) is 9.40. The molecule has 1 aromatic carbocycles. The number of para-hydroxylation sites is 1. The minimum atomic E-state index is -0.736. The Morgan fingerprint density at radius 1 is 1.29 bits per heavy atom. The number of aryl methyl sites for hydroxylation is 1. The van der Waals surface area contributed by atoms with Crippen molar-refractivity contribution < 1.29 is 9.90 Å². The van der Waals surface area contributed by atoms with Crippen molar-refractivity contribution >= 4 is 28.5 Å². The fourth-order valence-electron chi connectivity index (χ4n) is 1.95. The van der Waals surface area contributed by atoms with E-state index in [9.17, 15) is 4.79 Å². The summed E-state index contributed by atoms with van der Waals surface area (Å²) in [6, 6.07) is 7.96. The second kappa shape index (κ2) is 5.23. The lowest BCUT2D eigenvalue weighted by atomic mass is 10.2. The fourth-order valence-corrected chi connectivity index (χ4v) is 2.22. The quantitative estimate of drug-likeness (QED) is 0.826. The molecule has 0 atom stereocenters. The van der Waals surface area contributed by atoms with E-state index in [1.54, 1.807) is 0 Å². The molecule has 0 aliphatic carbocycles. The molecule has 1 aromatic heterocycles. The molecule has 90 valence electrons. The average Bonchev–Trinajstić information content (AvgIpc) is 2.63. The van der Waals surface area contributed by atoms with Gasteiger partial charge in [-0.2, -0.15) is 0 Å². The number of aromatic nitrogens is 1. The normalized spacial score (nSPS) is 10.9. The van der Waals surface area contributed by atoms with Gasteiger partial charge in [0.15, 0.2) is 0 Å². The van der Waals surface area contributed by atoms with Crippen molar-refractivity contribution in [3.8, 4) is 0 Å². The van der Waals surface area contributed by atoms with Gasteiger partial charge in [-0.25, -0.2) is 0 Å². The standard InChI is InChI=1S/C13H14ClNO2/c14-11-9-15(8-4-3-7-13(16)17)12-6-2-1-5-10(11)12/h1-2,5-6,9H,3-4,7-8H2,(H,16,17). The SMILES string of the molecule is O=C(O)CCCCn1cc(Cl)c2ccccc21. The number of unbranched alkanes of at least 4 members (excludes halogenated alkanes) is 1. The molecule has 0 amide bonds. The average molecular weight is 252 g/mol. The highest BCUT2D eigenvalue weighted by Gasteiger charge is 2.05. The Hall–Kier alpha value is -1.48. The van der Waals surface area contributed by atoms with Crippen LogP contribution in [0.25, 0.3) is 10.9 Å². The third-order valence-electron chi connectivity index (χ3n) is 2.78. The maximum atomic E-state index is 10.4. The first-order chi connectivity index (χ1) is 8.18. The largest absolute Gasteiger partial charge is 0.481 e. The Kier molecular flexibility index (Phi) is 3.69. The summed E-state index contributed by atoms with van der Waals surface area (Å²) in [5, 5.41) is 10.4. The van der Waals surface area contributed by atoms with Gasteiger partial charge in [0.2, 0.25) is 0 Å². The molecule has 1 heterocycles. The molecule has 0 spiro atoms. The Bertz CT molecular complexity index is 533. The highest BCUT2D eigenvalue weighted by Crippen LogP contribution is 2.25. The van der Waals surface area contributed by atoms with Crippen LogP contribution >= 0.6 is 11.6 Å². The minimum Gasteiger partial charge on any atom is -0.481 e. The predicted octanol–water partition coefficient (Wildman–Crippen LogP) is 3.55. The van der Waals surface area contributed by atoms with Crippen molar-refractivity contribution in [2.24, 2.45) is 0 Å². The van der Waals surface area contributed by atoms with Gasteiger partial charge in [-0.1, -0.05) is 29.8 Å². The zero-order valence-corrected chi connectivity index (χ0v) is 10.2. The van der Waals surface area contributed by atoms with Crippen molar-refractivity contribution in [2.75, 3.05) is 0 Å². The summed E-state index contributed by atoms with van der Waals surface area (Å²) in [5.74, 6) is -0.736. The maximum Gasteiger partial charge on any atom is 0.303 e. The van der Waals surface area contributed by atoms with E-state index in [1.165, 1.54) is 0 Å². The van der Waals surface area contributed by atoms with Crippen molar-refractivity contribution in [3.05, 3.63) is 35.5 Å². The lowest BCUT2D eigenvalue weighted by Gasteiger charge is -2.03. The highest BCUT2D eigenvalue weighted by atomic mass is 35.5. The summed E-state index contributed by atoms with van der Waals surface area (Å²) in [4.78, 5) is 10.4. The van der Waals surface area contributed by atoms with Gasteiger partial charge in [-0.05, 0) is 18.9 Å². The number of halogens is 1. The van der Waals surface area contributed by atoms with Crippen LogP contribution in [0.4, 0.5) is 0 Å². The van der Waals surface area contributed by atoms with Crippen LogP contribution in [0, 0.1) is 0 Å². The van der Waals surface area contributed by atoms with E-state index in [2.05, 4.69) is 4.57 Å². The molecule has 0 aliphatic rings. The zero-order chi connectivity index (χ0) is 12.3. The first-order valence-corrected chi connectivity index (χ1v) is 6.01. The van der Waals surface area contributed by atoms with Crippen molar-refractivity contribution in [1.29, 1.82) is 0 Å². The number of aliphatic carboxylic acids is 1. The maximum absolute atomic E-state index is 10.4. The lowest BCUT2D eigenvalue weighted by molar-refractivity contribution is -0.137. The van der Waals surface area contributed by atoms with Crippen molar-refractivity contribution in [3.63, 3.8) is 0 Å². The number of hydrogen-bond acceptors (Lipinski definition) is 1. The molecule has 0 fully saturated rings. The number of hydrogen-bond donors (Lipinski definition) is 1. The first-order valence-electron chi connectivity index (χ1n) is 5.63.